The number of hydrogen-bond acceptors (Lipinski definition) is 3. The largest absolute Gasteiger partial charge is 0.481 e. The average Bonchev–Trinajstić information content (AvgIpc) is 2.94. The standard InChI is InChI=1S/C14H27N3O3/c1-3-14(2,12(18)19)11-16-13(20)15-7-6-10-17-8-4-5-9-17/h3-11H2,1-2H3,(H,18,19)(H2,15,16,20). The van der Waals surface area contributed by atoms with E-state index >= 15 is 0 Å². The summed E-state index contributed by atoms with van der Waals surface area (Å²) in [6.45, 7) is 7.57. The molecule has 20 heavy (non-hydrogen) atoms. The van der Waals surface area contributed by atoms with Crippen molar-refractivity contribution in [1.82, 2.24) is 15.5 Å². The van der Waals surface area contributed by atoms with Crippen LogP contribution in [0.15, 0.2) is 0 Å². The zero-order chi connectivity index (χ0) is 15.0. The third-order valence-electron chi connectivity index (χ3n) is 4.07. The Balaban J connectivity index is 2.12. The van der Waals surface area contributed by atoms with Gasteiger partial charge in [0, 0.05) is 13.1 Å². The minimum absolute atomic E-state index is 0.150. The highest BCUT2D eigenvalue weighted by Gasteiger charge is 2.31. The monoisotopic (exact) mass is 285 g/mol. The lowest BCUT2D eigenvalue weighted by Crippen LogP contribution is -2.45. The van der Waals surface area contributed by atoms with Gasteiger partial charge >= 0.3 is 12.0 Å². The van der Waals surface area contributed by atoms with E-state index in [9.17, 15) is 9.59 Å². The Kier molecular flexibility index (Phi) is 6.78. The third kappa shape index (κ3) is 5.36. The quantitative estimate of drug-likeness (QED) is 0.587. The fourth-order valence-corrected chi connectivity index (χ4v) is 2.20. The van der Waals surface area contributed by atoms with Crippen molar-refractivity contribution in [2.24, 2.45) is 5.41 Å². The van der Waals surface area contributed by atoms with Gasteiger partial charge in [0.25, 0.3) is 0 Å². The molecule has 0 spiro atoms. The van der Waals surface area contributed by atoms with Crippen molar-refractivity contribution in [2.45, 2.75) is 39.5 Å². The van der Waals surface area contributed by atoms with Gasteiger partial charge in [-0.05, 0) is 52.2 Å². The number of rotatable bonds is 8. The highest BCUT2D eigenvalue weighted by Crippen LogP contribution is 2.19. The Morgan fingerprint density at radius 2 is 1.90 bits per heavy atom. The van der Waals surface area contributed by atoms with Crippen LogP contribution in [0.1, 0.15) is 39.5 Å². The van der Waals surface area contributed by atoms with Crippen LogP contribution in [-0.4, -0.2) is 54.7 Å². The number of nitrogens with one attached hydrogen (secondary N) is 2. The molecule has 0 aromatic rings. The molecule has 0 aliphatic carbocycles. The number of urea groups is 1. The van der Waals surface area contributed by atoms with Crippen LogP contribution in [0.25, 0.3) is 0 Å². The maximum Gasteiger partial charge on any atom is 0.314 e. The van der Waals surface area contributed by atoms with Crippen molar-refractivity contribution in [3.63, 3.8) is 0 Å². The highest BCUT2D eigenvalue weighted by atomic mass is 16.4. The number of carbonyl (C=O) groups is 2. The summed E-state index contributed by atoms with van der Waals surface area (Å²) in [6.07, 6.45) is 3.96. The number of aliphatic carboxylic acids is 1. The number of carboxylic acids is 1. The van der Waals surface area contributed by atoms with Gasteiger partial charge in [-0.3, -0.25) is 4.79 Å². The fourth-order valence-electron chi connectivity index (χ4n) is 2.20. The summed E-state index contributed by atoms with van der Waals surface area (Å²) < 4.78 is 0. The molecule has 0 saturated carbocycles. The normalized spacial score (nSPS) is 18.5. The molecule has 1 aliphatic heterocycles. The zero-order valence-corrected chi connectivity index (χ0v) is 12.6. The zero-order valence-electron chi connectivity index (χ0n) is 12.6. The van der Waals surface area contributed by atoms with E-state index in [1.165, 1.54) is 25.9 Å². The van der Waals surface area contributed by atoms with Gasteiger partial charge < -0.3 is 20.6 Å². The predicted octanol–water partition coefficient (Wildman–Crippen LogP) is 1.27. The topological polar surface area (TPSA) is 81.7 Å². The van der Waals surface area contributed by atoms with Gasteiger partial charge in [-0.2, -0.15) is 0 Å². The van der Waals surface area contributed by atoms with Crippen LogP contribution in [-0.2, 0) is 4.79 Å². The molecule has 1 fully saturated rings. The first kappa shape index (κ1) is 16.8. The third-order valence-corrected chi connectivity index (χ3v) is 4.07. The van der Waals surface area contributed by atoms with Gasteiger partial charge in [0.1, 0.15) is 0 Å². The molecule has 0 aromatic heterocycles. The summed E-state index contributed by atoms with van der Waals surface area (Å²) in [6, 6.07) is -0.285. The predicted molar refractivity (Wildman–Crippen MR) is 77.7 cm³/mol. The van der Waals surface area contributed by atoms with Gasteiger partial charge in [0.2, 0.25) is 0 Å². The summed E-state index contributed by atoms with van der Waals surface area (Å²) in [5.41, 5.74) is -0.896. The van der Waals surface area contributed by atoms with Crippen LogP contribution < -0.4 is 10.6 Å². The minimum Gasteiger partial charge on any atom is -0.481 e. The van der Waals surface area contributed by atoms with E-state index in [1.807, 2.05) is 6.92 Å². The maximum absolute atomic E-state index is 11.6. The minimum atomic E-state index is -0.896. The molecule has 6 nitrogen and oxygen atoms in total. The molecule has 1 aliphatic rings. The molecular weight excluding hydrogens is 258 g/mol. The second-order valence-corrected chi connectivity index (χ2v) is 5.73. The SMILES string of the molecule is CCC(C)(CNC(=O)NCCCN1CCCC1)C(=O)O. The number of hydrogen-bond donors (Lipinski definition) is 3. The van der Waals surface area contributed by atoms with Crippen LogP contribution in [0.3, 0.4) is 0 Å². The molecule has 0 aromatic carbocycles. The molecule has 6 heteroatoms. The number of nitrogens with zero attached hydrogens (tertiary/aromatic N) is 1. The maximum atomic E-state index is 11.6. The molecule has 1 heterocycles. The second kappa shape index (κ2) is 8.09. The second-order valence-electron chi connectivity index (χ2n) is 5.73. The van der Waals surface area contributed by atoms with E-state index in [0.717, 1.165) is 13.0 Å². The molecular formula is C14H27N3O3. The van der Waals surface area contributed by atoms with E-state index in [0.29, 0.717) is 13.0 Å². The van der Waals surface area contributed by atoms with Gasteiger partial charge in [-0.1, -0.05) is 6.92 Å². The Morgan fingerprint density at radius 3 is 2.45 bits per heavy atom. The lowest BCUT2D eigenvalue weighted by atomic mass is 9.88. The van der Waals surface area contributed by atoms with E-state index in [2.05, 4.69) is 15.5 Å². The molecule has 1 atom stereocenters. The Labute approximate surface area is 120 Å². The number of carbonyl (C=O) groups excluding carboxylic acids is 1. The van der Waals surface area contributed by atoms with Gasteiger partial charge in [-0.25, -0.2) is 4.79 Å². The summed E-state index contributed by atoms with van der Waals surface area (Å²) >= 11 is 0. The van der Waals surface area contributed by atoms with Crippen molar-refractivity contribution < 1.29 is 14.7 Å². The van der Waals surface area contributed by atoms with Gasteiger partial charge in [0.15, 0.2) is 0 Å². The van der Waals surface area contributed by atoms with Crippen LogP contribution in [0.4, 0.5) is 4.79 Å². The van der Waals surface area contributed by atoms with Crippen LogP contribution >= 0.6 is 0 Å². The Morgan fingerprint density at radius 1 is 1.25 bits per heavy atom. The van der Waals surface area contributed by atoms with Crippen LogP contribution in [0.2, 0.25) is 0 Å². The van der Waals surface area contributed by atoms with Crippen molar-refractivity contribution >= 4 is 12.0 Å². The molecule has 0 radical (unpaired) electrons. The summed E-state index contributed by atoms with van der Waals surface area (Å²) in [5.74, 6) is -0.880. The first-order chi connectivity index (χ1) is 9.48. The van der Waals surface area contributed by atoms with E-state index in [4.69, 9.17) is 5.11 Å². The van der Waals surface area contributed by atoms with Crippen LogP contribution in [0.5, 0.6) is 0 Å². The summed E-state index contributed by atoms with van der Waals surface area (Å²) in [7, 11) is 0. The van der Waals surface area contributed by atoms with Gasteiger partial charge in [0.05, 0.1) is 5.41 Å². The number of amides is 2. The number of carboxylic acid groups (broad SMARTS) is 1. The van der Waals surface area contributed by atoms with E-state index in [1.54, 1.807) is 6.92 Å². The molecule has 116 valence electrons. The Hall–Kier alpha value is -1.30. The van der Waals surface area contributed by atoms with E-state index < -0.39 is 11.4 Å². The lowest BCUT2D eigenvalue weighted by molar-refractivity contribution is -0.147. The molecule has 1 unspecified atom stereocenters. The smallest absolute Gasteiger partial charge is 0.314 e. The molecule has 0 bridgehead atoms. The first-order valence-electron chi connectivity index (χ1n) is 7.45. The average molecular weight is 285 g/mol. The molecule has 2 amide bonds. The summed E-state index contributed by atoms with van der Waals surface area (Å²) in [4.78, 5) is 25.1. The number of likely N-dealkylation sites (tertiary alicyclic amines) is 1. The van der Waals surface area contributed by atoms with Gasteiger partial charge in [-0.15, -0.1) is 0 Å². The highest BCUT2D eigenvalue weighted by molar-refractivity contribution is 5.77. The summed E-state index contributed by atoms with van der Waals surface area (Å²) in [5, 5.41) is 14.5. The molecule has 3 N–H and O–H groups in total. The van der Waals surface area contributed by atoms with Crippen molar-refractivity contribution in [1.29, 1.82) is 0 Å². The molecule has 1 rings (SSSR count). The lowest BCUT2D eigenvalue weighted by Gasteiger charge is -2.23. The van der Waals surface area contributed by atoms with Crippen molar-refractivity contribution in [3.05, 3.63) is 0 Å². The first-order valence-corrected chi connectivity index (χ1v) is 7.45. The van der Waals surface area contributed by atoms with Crippen LogP contribution in [0, 0.1) is 5.41 Å². The van der Waals surface area contributed by atoms with Crippen molar-refractivity contribution in [2.75, 3.05) is 32.7 Å². The van der Waals surface area contributed by atoms with Crippen molar-refractivity contribution in [3.8, 4) is 0 Å². The van der Waals surface area contributed by atoms with E-state index in [-0.39, 0.29) is 12.6 Å². The fraction of sp³-hybridized carbons (Fsp3) is 0.857. The Bertz CT molecular complexity index is 330. The molecule has 1 saturated heterocycles.